The van der Waals surface area contributed by atoms with Gasteiger partial charge in [0.05, 0.1) is 13.2 Å². The van der Waals surface area contributed by atoms with E-state index in [-0.39, 0.29) is 0 Å². The lowest BCUT2D eigenvalue weighted by Gasteiger charge is -2.14. The third-order valence-corrected chi connectivity index (χ3v) is 1.67. The Morgan fingerprint density at radius 3 is 3.40 bits per heavy atom. The largest absolute Gasteiger partial charge is 0.376 e. The molecule has 0 bridgehead atoms. The van der Waals surface area contributed by atoms with Gasteiger partial charge < -0.3 is 4.74 Å². The predicted octanol–water partition coefficient (Wildman–Crippen LogP) is 1.57. The summed E-state index contributed by atoms with van der Waals surface area (Å²) in [4.78, 5) is 0. The van der Waals surface area contributed by atoms with Crippen molar-refractivity contribution >= 4 is 0 Å². The maximum absolute atomic E-state index is 5.22. The minimum Gasteiger partial charge on any atom is -0.376 e. The summed E-state index contributed by atoms with van der Waals surface area (Å²) >= 11 is 0. The Bertz CT molecular complexity index is 205. The second-order valence-electron chi connectivity index (χ2n) is 2.34. The number of fused-ring (bicyclic) bond motifs is 1. The molecule has 1 aromatic carbocycles. The van der Waals surface area contributed by atoms with Gasteiger partial charge in [0, 0.05) is 6.42 Å². The molecule has 1 nitrogen and oxygen atoms in total. The number of hydrogen-bond donors (Lipinski definition) is 0. The van der Waals surface area contributed by atoms with E-state index in [9.17, 15) is 0 Å². The van der Waals surface area contributed by atoms with Crippen LogP contribution in [0.15, 0.2) is 18.2 Å². The predicted molar refractivity (Wildman–Crippen MR) is 38.3 cm³/mol. The van der Waals surface area contributed by atoms with Crippen LogP contribution in [0.5, 0.6) is 0 Å². The molecule has 0 N–H and O–H groups in total. The van der Waals surface area contributed by atoms with Gasteiger partial charge in [0.25, 0.3) is 0 Å². The Morgan fingerprint density at radius 1 is 1.50 bits per heavy atom. The molecular formula is C9H8O. The quantitative estimate of drug-likeness (QED) is 0.520. The highest BCUT2D eigenvalue weighted by Crippen LogP contribution is 2.16. The molecule has 1 heterocycles. The highest BCUT2D eigenvalue weighted by Gasteiger charge is 2.06. The normalized spacial score (nSPS) is 16.4. The van der Waals surface area contributed by atoms with Crippen molar-refractivity contribution in [3.05, 3.63) is 41.8 Å². The van der Waals surface area contributed by atoms with Crippen molar-refractivity contribution in [2.75, 3.05) is 6.61 Å². The lowest BCUT2D eigenvalue weighted by atomic mass is 10.0. The van der Waals surface area contributed by atoms with Crippen molar-refractivity contribution in [1.29, 1.82) is 0 Å². The summed E-state index contributed by atoms with van der Waals surface area (Å²) in [6.45, 7) is 1.49. The molecular weight excluding hydrogens is 124 g/mol. The van der Waals surface area contributed by atoms with Crippen molar-refractivity contribution in [3.63, 3.8) is 0 Å². The van der Waals surface area contributed by atoms with Crippen LogP contribution >= 0.6 is 0 Å². The van der Waals surface area contributed by atoms with E-state index in [1.165, 1.54) is 11.1 Å². The molecule has 0 saturated heterocycles. The fourth-order valence-electron chi connectivity index (χ4n) is 1.12. The Balaban J connectivity index is 2.41. The van der Waals surface area contributed by atoms with E-state index in [1.54, 1.807) is 0 Å². The summed E-state index contributed by atoms with van der Waals surface area (Å²) in [6.07, 6.45) is 2.09. The lowest BCUT2D eigenvalue weighted by Crippen LogP contribution is -2.06. The smallest absolute Gasteiger partial charge is 0.0720 e. The molecule has 1 aromatic rings. The molecule has 0 aromatic heterocycles. The van der Waals surface area contributed by atoms with Crippen molar-refractivity contribution in [3.8, 4) is 0 Å². The highest BCUT2D eigenvalue weighted by atomic mass is 16.5. The minimum absolute atomic E-state index is 0.739. The summed E-state index contributed by atoms with van der Waals surface area (Å²) in [5.74, 6) is 0. The van der Waals surface area contributed by atoms with Gasteiger partial charge in [0.1, 0.15) is 0 Å². The van der Waals surface area contributed by atoms with Crippen LogP contribution in [0.4, 0.5) is 0 Å². The topological polar surface area (TPSA) is 9.23 Å². The van der Waals surface area contributed by atoms with Crippen LogP contribution in [0, 0.1) is 12.5 Å². The van der Waals surface area contributed by atoms with Gasteiger partial charge in [-0.25, -0.2) is 0 Å². The van der Waals surface area contributed by atoms with E-state index >= 15 is 0 Å². The van der Waals surface area contributed by atoms with Gasteiger partial charge >= 0.3 is 0 Å². The average molecular weight is 132 g/mol. The molecule has 0 aliphatic carbocycles. The summed E-state index contributed by atoms with van der Waals surface area (Å²) in [5.41, 5.74) is 2.54. The molecule has 1 aliphatic heterocycles. The van der Waals surface area contributed by atoms with Crippen molar-refractivity contribution in [2.24, 2.45) is 0 Å². The van der Waals surface area contributed by atoms with Gasteiger partial charge in [0.15, 0.2) is 0 Å². The van der Waals surface area contributed by atoms with Crippen LogP contribution in [0.3, 0.4) is 0 Å². The molecule has 0 unspecified atom stereocenters. The van der Waals surface area contributed by atoms with Crippen LogP contribution in [-0.2, 0) is 11.3 Å². The van der Waals surface area contributed by atoms with E-state index in [1.807, 2.05) is 12.1 Å². The molecule has 0 spiro atoms. The number of rotatable bonds is 0. The Kier molecular flexibility index (Phi) is 1.44. The molecule has 0 saturated carbocycles. The Labute approximate surface area is 60.6 Å². The van der Waals surface area contributed by atoms with Crippen molar-refractivity contribution in [1.82, 2.24) is 0 Å². The third kappa shape index (κ3) is 0.929. The highest BCUT2D eigenvalue weighted by molar-refractivity contribution is 5.33. The first-order valence-electron chi connectivity index (χ1n) is 3.37. The van der Waals surface area contributed by atoms with E-state index in [0.717, 1.165) is 13.2 Å². The molecule has 0 amide bonds. The van der Waals surface area contributed by atoms with Gasteiger partial charge in [-0.1, -0.05) is 12.1 Å². The standard InChI is InChI=1S/C9H8O/c1-2-4-9-7-10-6-5-8(9)3-1/h1,3-5H,6-7H2. The van der Waals surface area contributed by atoms with Crippen LogP contribution in [0.25, 0.3) is 0 Å². The first-order valence-corrected chi connectivity index (χ1v) is 3.37. The van der Waals surface area contributed by atoms with E-state index in [4.69, 9.17) is 4.74 Å². The molecule has 10 heavy (non-hydrogen) atoms. The summed E-state index contributed by atoms with van der Waals surface area (Å²) < 4.78 is 5.22. The molecule has 2 rings (SSSR count). The number of benzene rings is 1. The van der Waals surface area contributed by atoms with Crippen LogP contribution < -0.4 is 0 Å². The monoisotopic (exact) mass is 132 g/mol. The van der Waals surface area contributed by atoms with E-state index < -0.39 is 0 Å². The lowest BCUT2D eigenvalue weighted by molar-refractivity contribution is 0.132. The maximum Gasteiger partial charge on any atom is 0.0720 e. The molecule has 1 aliphatic rings. The summed E-state index contributed by atoms with van der Waals surface area (Å²) in [5, 5.41) is 0. The Morgan fingerprint density at radius 2 is 2.50 bits per heavy atom. The zero-order valence-corrected chi connectivity index (χ0v) is 5.63. The van der Waals surface area contributed by atoms with E-state index in [2.05, 4.69) is 18.6 Å². The molecule has 0 atom stereocenters. The van der Waals surface area contributed by atoms with Gasteiger partial charge in [-0.05, 0) is 23.3 Å². The minimum atomic E-state index is 0.739. The number of hydrogen-bond acceptors (Lipinski definition) is 1. The van der Waals surface area contributed by atoms with Crippen molar-refractivity contribution < 1.29 is 4.74 Å². The molecule has 2 radical (unpaired) electrons. The van der Waals surface area contributed by atoms with Crippen LogP contribution in [-0.4, -0.2) is 6.61 Å². The SMILES string of the molecule is [c]1ccc2c(c1)COC[CH]2. The van der Waals surface area contributed by atoms with Crippen molar-refractivity contribution in [2.45, 2.75) is 6.61 Å². The first-order chi connectivity index (χ1) is 4.97. The zero-order chi connectivity index (χ0) is 6.81. The van der Waals surface area contributed by atoms with Crippen LogP contribution in [0.1, 0.15) is 11.1 Å². The van der Waals surface area contributed by atoms with Gasteiger partial charge in [-0.15, -0.1) is 0 Å². The summed E-state index contributed by atoms with van der Waals surface area (Å²) in [7, 11) is 0. The van der Waals surface area contributed by atoms with Crippen LogP contribution in [0.2, 0.25) is 0 Å². The molecule has 0 fully saturated rings. The fraction of sp³-hybridized carbons (Fsp3) is 0.222. The second-order valence-corrected chi connectivity index (χ2v) is 2.34. The molecule has 1 heteroatoms. The zero-order valence-electron chi connectivity index (χ0n) is 5.63. The van der Waals surface area contributed by atoms with Gasteiger partial charge in [-0.3, -0.25) is 0 Å². The Hall–Kier alpha value is -0.820. The van der Waals surface area contributed by atoms with E-state index in [0.29, 0.717) is 0 Å². The average Bonchev–Trinajstić information content (AvgIpc) is 2.05. The maximum atomic E-state index is 5.22. The first kappa shape index (κ1) is 5.93. The fourth-order valence-corrected chi connectivity index (χ4v) is 1.12. The summed E-state index contributed by atoms with van der Waals surface area (Å²) in [6, 6.07) is 9.00. The van der Waals surface area contributed by atoms with Gasteiger partial charge in [0.2, 0.25) is 0 Å². The second kappa shape index (κ2) is 2.43. The molecule has 50 valence electrons. The number of ether oxygens (including phenoxy) is 1. The third-order valence-electron chi connectivity index (χ3n) is 1.67. The van der Waals surface area contributed by atoms with Gasteiger partial charge in [-0.2, -0.15) is 0 Å².